The van der Waals surface area contributed by atoms with Crippen molar-refractivity contribution in [3.05, 3.63) is 17.0 Å². The van der Waals surface area contributed by atoms with Gasteiger partial charge in [0.1, 0.15) is 5.76 Å². The summed E-state index contributed by atoms with van der Waals surface area (Å²) in [4.78, 5) is 12.2. The molecule has 1 fully saturated rings. The first-order chi connectivity index (χ1) is 9.63. The van der Waals surface area contributed by atoms with Crippen molar-refractivity contribution in [1.29, 1.82) is 0 Å². The molecule has 0 atom stereocenters. The van der Waals surface area contributed by atoms with E-state index in [1.807, 2.05) is 13.8 Å². The van der Waals surface area contributed by atoms with Gasteiger partial charge in [-0.2, -0.15) is 0 Å². The lowest BCUT2D eigenvalue weighted by Gasteiger charge is -2.26. The van der Waals surface area contributed by atoms with Gasteiger partial charge in [-0.05, 0) is 32.1 Å². The van der Waals surface area contributed by atoms with Crippen LogP contribution < -0.4 is 5.32 Å². The zero-order valence-electron chi connectivity index (χ0n) is 12.3. The van der Waals surface area contributed by atoms with Crippen molar-refractivity contribution in [2.24, 2.45) is 0 Å². The Kier molecular flexibility index (Phi) is 5.17. The van der Waals surface area contributed by atoms with Crippen molar-refractivity contribution in [2.45, 2.75) is 70.9 Å². The number of hydrogen-bond acceptors (Lipinski definition) is 4. The smallest absolute Gasteiger partial charge is 0.224 e. The van der Waals surface area contributed by atoms with E-state index < -0.39 is 0 Å². The molecule has 1 amide bonds. The number of aryl methyl sites for hydroxylation is 2. The Bertz CT molecular complexity index is 426. The highest BCUT2D eigenvalue weighted by atomic mass is 16.5. The lowest BCUT2D eigenvalue weighted by atomic mass is 9.93. The molecular weight excluding hydrogens is 256 g/mol. The number of amides is 1. The van der Waals surface area contributed by atoms with Crippen LogP contribution in [0.25, 0.3) is 0 Å². The molecule has 112 valence electrons. The molecule has 1 aromatic heterocycles. The van der Waals surface area contributed by atoms with Crippen LogP contribution >= 0.6 is 0 Å². The maximum absolute atomic E-state index is 12.2. The van der Waals surface area contributed by atoms with E-state index in [0.29, 0.717) is 6.42 Å². The van der Waals surface area contributed by atoms with Crippen LogP contribution in [0, 0.1) is 0 Å². The predicted molar refractivity (Wildman–Crippen MR) is 75.4 cm³/mol. The number of nitrogens with one attached hydrogen (secondary N) is 1. The van der Waals surface area contributed by atoms with Crippen molar-refractivity contribution < 1.29 is 14.4 Å². The minimum Gasteiger partial charge on any atom is -0.393 e. The van der Waals surface area contributed by atoms with Gasteiger partial charge in [-0.1, -0.05) is 19.0 Å². The van der Waals surface area contributed by atoms with Gasteiger partial charge < -0.3 is 14.9 Å². The molecule has 2 rings (SSSR count). The van der Waals surface area contributed by atoms with Gasteiger partial charge in [0, 0.05) is 18.0 Å². The van der Waals surface area contributed by atoms with Crippen molar-refractivity contribution in [3.63, 3.8) is 0 Å². The van der Waals surface area contributed by atoms with Crippen LogP contribution in [-0.2, 0) is 24.1 Å². The molecule has 1 aliphatic carbocycles. The third kappa shape index (κ3) is 3.60. The first kappa shape index (κ1) is 15.0. The van der Waals surface area contributed by atoms with Gasteiger partial charge in [0.15, 0.2) is 0 Å². The van der Waals surface area contributed by atoms with E-state index >= 15 is 0 Å². The van der Waals surface area contributed by atoms with Crippen LogP contribution in [-0.4, -0.2) is 28.3 Å². The third-order valence-corrected chi connectivity index (χ3v) is 4.01. The zero-order chi connectivity index (χ0) is 14.5. The summed E-state index contributed by atoms with van der Waals surface area (Å²) in [6.07, 6.45) is 4.95. The van der Waals surface area contributed by atoms with E-state index in [1.165, 1.54) is 0 Å². The fourth-order valence-corrected chi connectivity index (χ4v) is 2.80. The Morgan fingerprint density at radius 2 is 2.00 bits per heavy atom. The molecule has 0 radical (unpaired) electrons. The van der Waals surface area contributed by atoms with Crippen molar-refractivity contribution in [3.8, 4) is 0 Å². The van der Waals surface area contributed by atoms with Crippen LogP contribution in [0.5, 0.6) is 0 Å². The Labute approximate surface area is 119 Å². The number of carbonyl (C=O) groups excluding carboxylic acids is 1. The maximum Gasteiger partial charge on any atom is 0.224 e. The van der Waals surface area contributed by atoms with Crippen LogP contribution in [0.4, 0.5) is 0 Å². The van der Waals surface area contributed by atoms with Crippen molar-refractivity contribution in [2.75, 3.05) is 0 Å². The summed E-state index contributed by atoms with van der Waals surface area (Å²) in [6, 6.07) is 0.195. The van der Waals surface area contributed by atoms with Gasteiger partial charge in [0.05, 0.1) is 18.2 Å². The van der Waals surface area contributed by atoms with Crippen molar-refractivity contribution in [1.82, 2.24) is 10.5 Å². The fraction of sp³-hybridized carbons (Fsp3) is 0.733. The molecular formula is C15H24N2O3. The number of aromatic nitrogens is 1. The zero-order valence-corrected chi connectivity index (χ0v) is 12.3. The molecule has 1 saturated carbocycles. The molecule has 5 nitrogen and oxygen atoms in total. The van der Waals surface area contributed by atoms with Gasteiger partial charge in [-0.3, -0.25) is 4.79 Å². The highest BCUT2D eigenvalue weighted by Gasteiger charge is 2.22. The minimum absolute atomic E-state index is 0.0268. The Balaban J connectivity index is 1.92. The predicted octanol–water partition coefficient (Wildman–Crippen LogP) is 1.76. The second-order valence-electron chi connectivity index (χ2n) is 5.49. The fourth-order valence-electron chi connectivity index (χ4n) is 2.80. The Morgan fingerprint density at radius 3 is 2.60 bits per heavy atom. The second kappa shape index (κ2) is 6.88. The molecule has 2 N–H and O–H groups in total. The van der Waals surface area contributed by atoms with Crippen LogP contribution in [0.15, 0.2) is 4.52 Å². The number of nitrogens with zero attached hydrogens (tertiary/aromatic N) is 1. The highest BCUT2D eigenvalue weighted by molar-refractivity contribution is 5.79. The second-order valence-corrected chi connectivity index (χ2v) is 5.49. The molecule has 1 aliphatic rings. The molecule has 0 saturated heterocycles. The summed E-state index contributed by atoms with van der Waals surface area (Å²) in [5.41, 5.74) is 1.83. The van der Waals surface area contributed by atoms with Crippen molar-refractivity contribution >= 4 is 5.91 Å². The number of carbonyl (C=O) groups is 1. The Hall–Kier alpha value is -1.36. The van der Waals surface area contributed by atoms with E-state index in [4.69, 9.17) is 4.52 Å². The number of rotatable bonds is 5. The Morgan fingerprint density at radius 1 is 1.30 bits per heavy atom. The molecule has 0 unspecified atom stereocenters. The highest BCUT2D eigenvalue weighted by Crippen LogP contribution is 2.20. The van der Waals surface area contributed by atoms with E-state index in [2.05, 4.69) is 10.5 Å². The summed E-state index contributed by atoms with van der Waals surface area (Å²) >= 11 is 0. The first-order valence-electron chi connectivity index (χ1n) is 7.57. The monoisotopic (exact) mass is 280 g/mol. The molecule has 0 bridgehead atoms. The minimum atomic E-state index is -0.195. The molecule has 20 heavy (non-hydrogen) atoms. The largest absolute Gasteiger partial charge is 0.393 e. The lowest BCUT2D eigenvalue weighted by Crippen LogP contribution is -2.39. The molecule has 1 aromatic rings. The van der Waals surface area contributed by atoms with E-state index in [1.54, 1.807) is 0 Å². The lowest BCUT2D eigenvalue weighted by molar-refractivity contribution is -0.121. The van der Waals surface area contributed by atoms with Gasteiger partial charge in [0.25, 0.3) is 0 Å². The summed E-state index contributed by atoms with van der Waals surface area (Å²) in [5, 5.41) is 16.6. The van der Waals surface area contributed by atoms with E-state index in [0.717, 1.165) is 55.5 Å². The van der Waals surface area contributed by atoms with Crippen LogP contribution in [0.1, 0.15) is 56.5 Å². The first-order valence-corrected chi connectivity index (χ1v) is 7.57. The third-order valence-electron chi connectivity index (χ3n) is 4.01. The van der Waals surface area contributed by atoms with Gasteiger partial charge >= 0.3 is 0 Å². The maximum atomic E-state index is 12.2. The normalized spacial score (nSPS) is 22.8. The number of aliphatic hydroxyl groups is 1. The molecule has 0 spiro atoms. The van der Waals surface area contributed by atoms with Crippen LogP contribution in [0.3, 0.4) is 0 Å². The SMILES string of the molecule is CCc1noc(CC)c1CC(=O)NC1CCC(O)CC1. The van der Waals surface area contributed by atoms with Gasteiger partial charge in [-0.15, -0.1) is 0 Å². The molecule has 1 heterocycles. The van der Waals surface area contributed by atoms with Gasteiger partial charge in [0.2, 0.25) is 5.91 Å². The van der Waals surface area contributed by atoms with E-state index in [-0.39, 0.29) is 18.1 Å². The molecule has 0 aromatic carbocycles. The van der Waals surface area contributed by atoms with Gasteiger partial charge in [-0.25, -0.2) is 0 Å². The standard InChI is InChI=1S/C15H24N2O3/c1-3-13-12(14(4-2)20-17-13)9-15(19)16-10-5-7-11(18)8-6-10/h10-11,18H,3-9H2,1-2H3,(H,16,19). The average Bonchev–Trinajstić information content (AvgIpc) is 2.83. The van der Waals surface area contributed by atoms with Crippen LogP contribution in [0.2, 0.25) is 0 Å². The number of aliphatic hydroxyl groups excluding tert-OH is 1. The molecule has 5 heteroatoms. The van der Waals surface area contributed by atoms with E-state index in [9.17, 15) is 9.90 Å². The quantitative estimate of drug-likeness (QED) is 0.862. The molecule has 0 aliphatic heterocycles. The summed E-state index contributed by atoms with van der Waals surface area (Å²) in [5.74, 6) is 0.843. The summed E-state index contributed by atoms with van der Waals surface area (Å²) in [7, 11) is 0. The summed E-state index contributed by atoms with van der Waals surface area (Å²) in [6.45, 7) is 4.02. The number of hydrogen-bond donors (Lipinski definition) is 2. The summed E-state index contributed by atoms with van der Waals surface area (Å²) < 4.78 is 5.28. The average molecular weight is 280 g/mol. The topological polar surface area (TPSA) is 75.4 Å².